The smallest absolute Gasteiger partial charge is 0.318 e. The van der Waals surface area contributed by atoms with E-state index in [0.717, 1.165) is 61.3 Å². The zero-order valence-electron chi connectivity index (χ0n) is 15.7. The lowest BCUT2D eigenvalue weighted by molar-refractivity contribution is 0.249. The zero-order valence-corrected chi connectivity index (χ0v) is 15.7. The first-order valence-corrected chi connectivity index (χ1v) is 9.81. The standard InChI is InChI=1S/C23H22N4O/c1-2-17-16-19(18-6-4-3-5-7-18)8-9-21(17)22-24-25-23(28-22)27-15-14-26-12-10-20(27)11-13-26/h1,3-9,16,20H,10-15H2. The van der Waals surface area contributed by atoms with Gasteiger partial charge in [-0.05, 0) is 36.1 Å². The summed E-state index contributed by atoms with van der Waals surface area (Å²) in [5.41, 5.74) is 3.78. The maximum absolute atomic E-state index is 6.09. The second-order valence-corrected chi connectivity index (χ2v) is 7.43. The van der Waals surface area contributed by atoms with Gasteiger partial charge in [0, 0.05) is 37.8 Å². The highest BCUT2D eigenvalue weighted by Gasteiger charge is 2.32. The van der Waals surface area contributed by atoms with Gasteiger partial charge in [-0.2, -0.15) is 0 Å². The number of aromatic nitrogens is 2. The van der Waals surface area contributed by atoms with E-state index in [1.165, 1.54) is 0 Å². The van der Waals surface area contributed by atoms with Crippen LogP contribution < -0.4 is 4.90 Å². The number of hydrogen-bond donors (Lipinski definition) is 0. The average molecular weight is 370 g/mol. The van der Waals surface area contributed by atoms with E-state index in [1.807, 2.05) is 30.3 Å². The number of piperidine rings is 1. The second kappa shape index (κ2) is 7.14. The summed E-state index contributed by atoms with van der Waals surface area (Å²) in [4.78, 5) is 4.78. The van der Waals surface area contributed by atoms with Gasteiger partial charge < -0.3 is 14.2 Å². The SMILES string of the molecule is C#Cc1cc(-c2ccccc2)ccc1-c1nnc(N2CCN3CCC2CC3)o1. The highest BCUT2D eigenvalue weighted by Crippen LogP contribution is 2.31. The van der Waals surface area contributed by atoms with Crippen molar-refractivity contribution in [2.24, 2.45) is 0 Å². The van der Waals surface area contributed by atoms with Gasteiger partial charge in [-0.3, -0.25) is 0 Å². The van der Waals surface area contributed by atoms with Gasteiger partial charge in [0.05, 0.1) is 5.56 Å². The van der Waals surface area contributed by atoms with Crippen LogP contribution in [0.15, 0.2) is 52.9 Å². The van der Waals surface area contributed by atoms with Gasteiger partial charge in [0.1, 0.15) is 0 Å². The van der Waals surface area contributed by atoms with Crippen molar-refractivity contribution in [1.29, 1.82) is 0 Å². The largest absolute Gasteiger partial charge is 0.403 e. The zero-order chi connectivity index (χ0) is 18.9. The van der Waals surface area contributed by atoms with Crippen LogP contribution in [-0.2, 0) is 0 Å². The summed E-state index contributed by atoms with van der Waals surface area (Å²) in [6.07, 6.45) is 8.10. The lowest BCUT2D eigenvalue weighted by Crippen LogP contribution is -2.38. The topological polar surface area (TPSA) is 45.4 Å². The van der Waals surface area contributed by atoms with Crippen LogP contribution in [0, 0.1) is 12.3 Å². The summed E-state index contributed by atoms with van der Waals surface area (Å²) < 4.78 is 6.09. The molecule has 3 fully saturated rings. The molecule has 5 nitrogen and oxygen atoms in total. The number of fused-ring (bicyclic) bond motifs is 4. The van der Waals surface area contributed by atoms with Crippen LogP contribution in [0.4, 0.5) is 6.01 Å². The third-order valence-electron chi connectivity index (χ3n) is 5.83. The van der Waals surface area contributed by atoms with Crippen LogP contribution in [-0.4, -0.2) is 47.3 Å². The fraction of sp³-hybridized carbons (Fsp3) is 0.304. The van der Waals surface area contributed by atoms with Crippen LogP contribution >= 0.6 is 0 Å². The Hall–Kier alpha value is -3.10. The molecule has 2 aromatic carbocycles. The predicted molar refractivity (Wildman–Crippen MR) is 110 cm³/mol. The molecule has 0 N–H and O–H groups in total. The number of benzene rings is 2. The molecule has 0 radical (unpaired) electrons. The summed E-state index contributed by atoms with van der Waals surface area (Å²) in [5, 5.41) is 8.67. The third-order valence-corrected chi connectivity index (χ3v) is 5.83. The minimum atomic E-state index is 0.486. The molecule has 3 saturated heterocycles. The van der Waals surface area contributed by atoms with Crippen LogP contribution in [0.1, 0.15) is 18.4 Å². The normalized spacial score (nSPS) is 21.3. The number of nitrogens with zero attached hydrogens (tertiary/aromatic N) is 4. The third kappa shape index (κ3) is 3.06. The molecule has 2 bridgehead atoms. The van der Waals surface area contributed by atoms with E-state index in [4.69, 9.17) is 10.8 Å². The molecule has 0 atom stereocenters. The average Bonchev–Trinajstić information content (AvgIpc) is 3.05. The summed E-state index contributed by atoms with van der Waals surface area (Å²) in [5.74, 6) is 3.27. The number of hydrogen-bond acceptors (Lipinski definition) is 5. The van der Waals surface area contributed by atoms with Crippen molar-refractivity contribution in [3.8, 4) is 34.9 Å². The van der Waals surface area contributed by atoms with Gasteiger partial charge in [-0.1, -0.05) is 47.4 Å². The first-order chi connectivity index (χ1) is 13.8. The van der Waals surface area contributed by atoms with E-state index in [9.17, 15) is 0 Å². The fourth-order valence-corrected chi connectivity index (χ4v) is 4.24. The molecule has 4 heterocycles. The molecule has 3 aromatic rings. The highest BCUT2D eigenvalue weighted by molar-refractivity contribution is 5.73. The van der Waals surface area contributed by atoms with Crippen LogP contribution in [0.3, 0.4) is 0 Å². The van der Waals surface area contributed by atoms with Crippen molar-refractivity contribution in [3.05, 3.63) is 54.1 Å². The maximum atomic E-state index is 6.09. The van der Waals surface area contributed by atoms with Crippen molar-refractivity contribution < 1.29 is 4.42 Å². The van der Waals surface area contributed by atoms with Gasteiger partial charge in [0.25, 0.3) is 5.89 Å². The van der Waals surface area contributed by atoms with Gasteiger partial charge in [0.2, 0.25) is 0 Å². The Balaban J connectivity index is 1.46. The molecule has 140 valence electrons. The molecule has 5 heteroatoms. The predicted octanol–water partition coefficient (Wildman–Crippen LogP) is 3.67. The Kier molecular flexibility index (Phi) is 4.34. The Bertz CT molecular complexity index is 1010. The molecule has 3 aliphatic rings. The molecule has 3 aliphatic heterocycles. The quantitative estimate of drug-likeness (QED) is 0.658. The molecule has 0 spiro atoms. The van der Waals surface area contributed by atoms with E-state index >= 15 is 0 Å². The summed E-state index contributed by atoms with van der Waals surface area (Å²) >= 11 is 0. The Morgan fingerprint density at radius 3 is 2.54 bits per heavy atom. The molecule has 28 heavy (non-hydrogen) atoms. The molecule has 0 saturated carbocycles. The summed E-state index contributed by atoms with van der Waals surface area (Å²) in [6.45, 7) is 4.30. The van der Waals surface area contributed by atoms with Gasteiger partial charge in [0.15, 0.2) is 0 Å². The minimum Gasteiger partial charge on any atom is -0.403 e. The van der Waals surface area contributed by atoms with E-state index in [-0.39, 0.29) is 0 Å². The van der Waals surface area contributed by atoms with Gasteiger partial charge in [-0.25, -0.2) is 0 Å². The highest BCUT2D eigenvalue weighted by atomic mass is 16.4. The second-order valence-electron chi connectivity index (χ2n) is 7.43. The van der Waals surface area contributed by atoms with Crippen LogP contribution in [0.5, 0.6) is 0 Å². The molecule has 0 aliphatic carbocycles. The van der Waals surface area contributed by atoms with Gasteiger partial charge in [-0.15, -0.1) is 11.5 Å². The molecule has 0 unspecified atom stereocenters. The monoisotopic (exact) mass is 370 g/mol. The Morgan fingerprint density at radius 1 is 0.929 bits per heavy atom. The van der Waals surface area contributed by atoms with Crippen molar-refractivity contribution in [2.45, 2.75) is 18.9 Å². The van der Waals surface area contributed by atoms with E-state index in [2.05, 4.69) is 44.1 Å². The summed E-state index contributed by atoms with van der Waals surface area (Å²) in [6, 6.07) is 17.3. The van der Waals surface area contributed by atoms with E-state index in [0.29, 0.717) is 17.9 Å². The van der Waals surface area contributed by atoms with Crippen LogP contribution in [0.25, 0.3) is 22.6 Å². The number of terminal acetylenes is 1. The van der Waals surface area contributed by atoms with Crippen molar-refractivity contribution in [1.82, 2.24) is 15.1 Å². The lowest BCUT2D eigenvalue weighted by Gasteiger charge is -2.29. The number of rotatable bonds is 3. The van der Waals surface area contributed by atoms with Crippen LogP contribution in [0.2, 0.25) is 0 Å². The summed E-state index contributed by atoms with van der Waals surface area (Å²) in [7, 11) is 0. The molecule has 1 aromatic heterocycles. The van der Waals surface area contributed by atoms with Gasteiger partial charge >= 0.3 is 6.01 Å². The molecular formula is C23H22N4O. The van der Waals surface area contributed by atoms with Crippen molar-refractivity contribution in [2.75, 3.05) is 31.1 Å². The Labute approximate surface area is 165 Å². The number of anilines is 1. The first kappa shape index (κ1) is 17.0. The molecule has 0 amide bonds. The fourth-order valence-electron chi connectivity index (χ4n) is 4.24. The molecule has 6 rings (SSSR count). The molecular weight excluding hydrogens is 348 g/mol. The van der Waals surface area contributed by atoms with Crippen molar-refractivity contribution >= 4 is 6.01 Å². The van der Waals surface area contributed by atoms with E-state index < -0.39 is 0 Å². The van der Waals surface area contributed by atoms with E-state index in [1.54, 1.807) is 0 Å². The Morgan fingerprint density at radius 2 is 1.75 bits per heavy atom. The lowest BCUT2D eigenvalue weighted by atomic mass is 9.99. The van der Waals surface area contributed by atoms with Crippen molar-refractivity contribution in [3.63, 3.8) is 0 Å². The maximum Gasteiger partial charge on any atom is 0.318 e. The first-order valence-electron chi connectivity index (χ1n) is 9.81. The minimum absolute atomic E-state index is 0.486.